The molecule has 23 heavy (non-hydrogen) atoms. The summed E-state index contributed by atoms with van der Waals surface area (Å²) in [5, 5.41) is 2.90. The van der Waals surface area contributed by atoms with Gasteiger partial charge in [-0.05, 0) is 35.4 Å². The molecule has 1 aromatic heterocycles. The molecule has 4 heteroatoms. The van der Waals surface area contributed by atoms with Gasteiger partial charge in [-0.25, -0.2) is 0 Å². The second kappa shape index (κ2) is 6.75. The van der Waals surface area contributed by atoms with Gasteiger partial charge in [0.1, 0.15) is 5.75 Å². The molecule has 0 unspecified atom stereocenters. The zero-order chi connectivity index (χ0) is 16.1. The Morgan fingerprint density at radius 1 is 0.957 bits per heavy atom. The summed E-state index contributed by atoms with van der Waals surface area (Å²) < 4.78 is 5.35. The molecule has 0 fully saturated rings. The lowest BCUT2D eigenvalue weighted by atomic mass is 10.0. The van der Waals surface area contributed by atoms with Crippen molar-refractivity contribution in [3.8, 4) is 16.9 Å². The van der Waals surface area contributed by atoms with Crippen LogP contribution in [0.3, 0.4) is 0 Å². The number of carbonyl (C=O) groups is 1. The van der Waals surface area contributed by atoms with Gasteiger partial charge in [0.15, 0.2) is 0 Å². The Bertz CT molecular complexity index is 802. The number of aromatic nitrogens is 1. The van der Waals surface area contributed by atoms with Crippen molar-refractivity contribution in [1.82, 2.24) is 4.98 Å². The predicted molar refractivity (Wildman–Crippen MR) is 90.6 cm³/mol. The zero-order valence-corrected chi connectivity index (χ0v) is 12.7. The molecule has 0 spiro atoms. The van der Waals surface area contributed by atoms with E-state index in [9.17, 15) is 4.79 Å². The van der Waals surface area contributed by atoms with Gasteiger partial charge in [-0.1, -0.05) is 36.4 Å². The van der Waals surface area contributed by atoms with Crippen LogP contribution in [-0.4, -0.2) is 18.0 Å². The van der Waals surface area contributed by atoms with E-state index in [-0.39, 0.29) is 5.91 Å². The molecule has 0 aliphatic heterocycles. The van der Waals surface area contributed by atoms with Gasteiger partial charge in [0.25, 0.3) is 5.91 Å². The van der Waals surface area contributed by atoms with Crippen LogP contribution in [0, 0.1) is 0 Å². The van der Waals surface area contributed by atoms with Crippen LogP contribution in [0.2, 0.25) is 0 Å². The molecule has 1 N–H and O–H groups in total. The molecular weight excluding hydrogens is 288 g/mol. The molecule has 114 valence electrons. The fourth-order valence-corrected chi connectivity index (χ4v) is 2.31. The molecule has 0 saturated heterocycles. The number of benzene rings is 2. The first-order valence-corrected chi connectivity index (χ1v) is 7.23. The maximum absolute atomic E-state index is 12.3. The molecule has 0 radical (unpaired) electrons. The number of nitrogens with one attached hydrogen (secondary N) is 1. The maximum atomic E-state index is 12.3. The monoisotopic (exact) mass is 304 g/mol. The molecule has 3 rings (SSSR count). The summed E-state index contributed by atoms with van der Waals surface area (Å²) in [6.45, 7) is 0. The van der Waals surface area contributed by atoms with Crippen molar-refractivity contribution >= 4 is 11.6 Å². The summed E-state index contributed by atoms with van der Waals surface area (Å²) in [7, 11) is 1.58. The second-order valence-corrected chi connectivity index (χ2v) is 4.97. The van der Waals surface area contributed by atoms with E-state index in [2.05, 4.69) is 10.3 Å². The van der Waals surface area contributed by atoms with Crippen molar-refractivity contribution in [3.05, 3.63) is 78.6 Å². The summed E-state index contributed by atoms with van der Waals surface area (Å²) in [5.41, 5.74) is 3.27. The Labute approximate surface area is 134 Å². The third-order valence-electron chi connectivity index (χ3n) is 3.50. The van der Waals surface area contributed by atoms with E-state index in [1.165, 1.54) is 0 Å². The van der Waals surface area contributed by atoms with E-state index in [1.54, 1.807) is 31.6 Å². The fraction of sp³-hybridized carbons (Fsp3) is 0.0526. The number of rotatable bonds is 4. The average molecular weight is 304 g/mol. The first-order chi connectivity index (χ1) is 11.3. The quantitative estimate of drug-likeness (QED) is 0.792. The smallest absolute Gasteiger partial charge is 0.255 e. The minimum Gasteiger partial charge on any atom is -0.495 e. The standard InChI is InChI=1S/C19H16N2O2/c1-23-18-8-7-16(14-5-3-2-4-6-14)13-17(18)21-19(22)15-9-11-20-12-10-15/h2-13H,1H3,(H,21,22). The first kappa shape index (κ1) is 14.8. The molecule has 1 heterocycles. The number of hydrogen-bond donors (Lipinski definition) is 1. The highest BCUT2D eigenvalue weighted by Gasteiger charge is 2.11. The number of amides is 1. The molecule has 0 aliphatic carbocycles. The molecule has 3 aromatic rings. The van der Waals surface area contributed by atoms with Gasteiger partial charge in [0.2, 0.25) is 0 Å². The average Bonchev–Trinajstić information content (AvgIpc) is 2.63. The zero-order valence-electron chi connectivity index (χ0n) is 12.7. The van der Waals surface area contributed by atoms with Crippen molar-refractivity contribution in [2.24, 2.45) is 0 Å². The van der Waals surface area contributed by atoms with E-state index < -0.39 is 0 Å². The molecule has 0 aliphatic rings. The normalized spacial score (nSPS) is 10.1. The minimum absolute atomic E-state index is 0.198. The lowest BCUT2D eigenvalue weighted by Gasteiger charge is -2.12. The number of carbonyl (C=O) groups excluding carboxylic acids is 1. The summed E-state index contributed by atoms with van der Waals surface area (Å²) in [5.74, 6) is 0.419. The van der Waals surface area contributed by atoms with E-state index >= 15 is 0 Å². The van der Waals surface area contributed by atoms with Crippen molar-refractivity contribution < 1.29 is 9.53 Å². The van der Waals surface area contributed by atoms with Crippen molar-refractivity contribution in [2.45, 2.75) is 0 Å². The van der Waals surface area contributed by atoms with Crippen molar-refractivity contribution in [2.75, 3.05) is 12.4 Å². The summed E-state index contributed by atoms with van der Waals surface area (Å²) in [6.07, 6.45) is 3.18. The number of anilines is 1. The molecular formula is C19H16N2O2. The van der Waals surface area contributed by atoms with Gasteiger partial charge >= 0.3 is 0 Å². The Hall–Kier alpha value is -3.14. The van der Waals surface area contributed by atoms with Crippen LogP contribution in [0.15, 0.2) is 73.1 Å². The van der Waals surface area contributed by atoms with Gasteiger partial charge in [0, 0.05) is 18.0 Å². The number of ether oxygens (including phenoxy) is 1. The molecule has 1 amide bonds. The highest BCUT2D eigenvalue weighted by Crippen LogP contribution is 2.30. The predicted octanol–water partition coefficient (Wildman–Crippen LogP) is 4.01. The van der Waals surface area contributed by atoms with Crippen molar-refractivity contribution in [1.29, 1.82) is 0 Å². The second-order valence-electron chi connectivity index (χ2n) is 4.97. The summed E-state index contributed by atoms with van der Waals surface area (Å²) in [6, 6.07) is 19.1. The van der Waals surface area contributed by atoms with Crippen molar-refractivity contribution in [3.63, 3.8) is 0 Å². The van der Waals surface area contributed by atoms with Gasteiger partial charge in [-0.2, -0.15) is 0 Å². The van der Waals surface area contributed by atoms with Crippen LogP contribution in [0.1, 0.15) is 10.4 Å². The number of methoxy groups -OCH3 is 1. The Kier molecular flexibility index (Phi) is 4.34. The number of pyridine rings is 1. The van der Waals surface area contributed by atoms with E-state index in [0.29, 0.717) is 17.0 Å². The highest BCUT2D eigenvalue weighted by atomic mass is 16.5. The van der Waals surface area contributed by atoms with Gasteiger partial charge < -0.3 is 10.1 Å². The maximum Gasteiger partial charge on any atom is 0.255 e. The molecule has 0 bridgehead atoms. The lowest BCUT2D eigenvalue weighted by molar-refractivity contribution is 0.102. The molecule has 0 saturated carbocycles. The number of hydrogen-bond acceptors (Lipinski definition) is 3. The highest BCUT2D eigenvalue weighted by molar-refractivity contribution is 6.05. The molecule has 0 atom stereocenters. The fourth-order valence-electron chi connectivity index (χ4n) is 2.31. The third kappa shape index (κ3) is 3.37. The third-order valence-corrected chi connectivity index (χ3v) is 3.50. The summed E-state index contributed by atoms with van der Waals surface area (Å²) in [4.78, 5) is 16.3. The molecule has 4 nitrogen and oxygen atoms in total. The molecule has 2 aromatic carbocycles. The lowest BCUT2D eigenvalue weighted by Crippen LogP contribution is -2.12. The van der Waals surface area contributed by atoms with Gasteiger partial charge in [-0.3, -0.25) is 9.78 Å². The van der Waals surface area contributed by atoms with Crippen LogP contribution >= 0.6 is 0 Å². The van der Waals surface area contributed by atoms with Gasteiger partial charge in [0.05, 0.1) is 12.8 Å². The SMILES string of the molecule is COc1ccc(-c2ccccc2)cc1NC(=O)c1ccncc1. The first-order valence-electron chi connectivity index (χ1n) is 7.23. The van der Waals surface area contributed by atoms with E-state index in [1.807, 2.05) is 48.5 Å². The number of nitrogens with zero attached hydrogens (tertiary/aromatic N) is 1. The van der Waals surface area contributed by atoms with Crippen LogP contribution < -0.4 is 10.1 Å². The Morgan fingerprint density at radius 3 is 2.39 bits per heavy atom. The van der Waals surface area contributed by atoms with Gasteiger partial charge in [-0.15, -0.1) is 0 Å². The van der Waals surface area contributed by atoms with Crippen LogP contribution in [-0.2, 0) is 0 Å². The van der Waals surface area contributed by atoms with Crippen LogP contribution in [0.5, 0.6) is 5.75 Å². The summed E-state index contributed by atoms with van der Waals surface area (Å²) >= 11 is 0. The van der Waals surface area contributed by atoms with Crippen LogP contribution in [0.4, 0.5) is 5.69 Å². The van der Waals surface area contributed by atoms with Crippen LogP contribution in [0.25, 0.3) is 11.1 Å². The minimum atomic E-state index is -0.198. The van der Waals surface area contributed by atoms with E-state index in [4.69, 9.17) is 4.74 Å². The van der Waals surface area contributed by atoms with E-state index in [0.717, 1.165) is 11.1 Å². The Morgan fingerprint density at radius 2 is 1.70 bits per heavy atom. The largest absolute Gasteiger partial charge is 0.495 e. The Balaban J connectivity index is 1.93. The topological polar surface area (TPSA) is 51.2 Å².